The zero-order valence-electron chi connectivity index (χ0n) is 12.3. The van der Waals surface area contributed by atoms with Crippen LogP contribution in [0.1, 0.15) is 36.7 Å². The van der Waals surface area contributed by atoms with E-state index in [1.165, 1.54) is 12.1 Å². The molecule has 0 aromatic heterocycles. The number of halogens is 1. The van der Waals surface area contributed by atoms with Crippen LogP contribution in [0.4, 0.5) is 10.1 Å². The fourth-order valence-electron chi connectivity index (χ4n) is 1.94. The van der Waals surface area contributed by atoms with Gasteiger partial charge in [0.05, 0.1) is 5.56 Å². The van der Waals surface area contributed by atoms with Crippen molar-refractivity contribution in [1.29, 1.82) is 0 Å². The van der Waals surface area contributed by atoms with E-state index in [-0.39, 0.29) is 16.7 Å². The molecule has 0 fully saturated rings. The Morgan fingerprint density at radius 3 is 2.24 bits per heavy atom. The van der Waals surface area contributed by atoms with E-state index in [1.807, 2.05) is 12.1 Å². The van der Waals surface area contributed by atoms with Crippen molar-refractivity contribution in [2.75, 3.05) is 5.32 Å². The summed E-state index contributed by atoms with van der Waals surface area (Å²) in [4.78, 5) is 12.0. The first kappa shape index (κ1) is 15.0. The summed E-state index contributed by atoms with van der Waals surface area (Å²) < 4.78 is 13.6. The third-order valence-electron chi connectivity index (χ3n) is 3.21. The normalized spacial score (nSPS) is 11.2. The minimum Gasteiger partial charge on any atom is -0.508 e. The summed E-state index contributed by atoms with van der Waals surface area (Å²) in [5.74, 6) is -1.51. The van der Waals surface area contributed by atoms with Gasteiger partial charge in [0.15, 0.2) is 0 Å². The minimum absolute atomic E-state index is 0.0333. The van der Waals surface area contributed by atoms with Crippen LogP contribution in [0.3, 0.4) is 0 Å². The molecule has 2 N–H and O–H groups in total. The van der Waals surface area contributed by atoms with Crippen molar-refractivity contribution in [3.8, 4) is 5.75 Å². The van der Waals surface area contributed by atoms with Gasteiger partial charge in [-0.2, -0.15) is 0 Å². The summed E-state index contributed by atoms with van der Waals surface area (Å²) in [6.45, 7) is 6.31. The van der Waals surface area contributed by atoms with Gasteiger partial charge in [-0.3, -0.25) is 4.79 Å². The number of phenols is 1. The summed E-state index contributed by atoms with van der Waals surface area (Å²) in [6, 6.07) is 10.9. The van der Waals surface area contributed by atoms with E-state index in [0.717, 1.165) is 11.6 Å². The Balaban J connectivity index is 2.16. The zero-order chi connectivity index (χ0) is 15.6. The van der Waals surface area contributed by atoms with Gasteiger partial charge in [-0.1, -0.05) is 32.9 Å². The lowest BCUT2D eigenvalue weighted by Gasteiger charge is -2.19. The van der Waals surface area contributed by atoms with Crippen LogP contribution in [0.5, 0.6) is 5.75 Å². The summed E-state index contributed by atoms with van der Waals surface area (Å²) in [5, 5.41) is 11.8. The highest BCUT2D eigenvalue weighted by Crippen LogP contribution is 2.24. The lowest BCUT2D eigenvalue weighted by Crippen LogP contribution is -2.14. The molecule has 4 heteroatoms. The maximum atomic E-state index is 13.6. The van der Waals surface area contributed by atoms with E-state index in [4.69, 9.17) is 5.11 Å². The average Bonchev–Trinajstić information content (AvgIpc) is 2.38. The Bertz CT molecular complexity index is 657. The lowest BCUT2D eigenvalue weighted by atomic mass is 9.87. The van der Waals surface area contributed by atoms with Gasteiger partial charge < -0.3 is 10.4 Å². The highest BCUT2D eigenvalue weighted by molar-refractivity contribution is 6.04. The molecule has 3 nitrogen and oxygen atoms in total. The van der Waals surface area contributed by atoms with Crippen LogP contribution in [-0.4, -0.2) is 11.0 Å². The first-order valence-electron chi connectivity index (χ1n) is 6.68. The number of benzene rings is 2. The fraction of sp³-hybridized carbons (Fsp3) is 0.235. The zero-order valence-corrected chi connectivity index (χ0v) is 12.3. The van der Waals surface area contributed by atoms with Gasteiger partial charge in [-0.05, 0) is 35.2 Å². The molecular weight excluding hydrogens is 269 g/mol. The van der Waals surface area contributed by atoms with Crippen LogP contribution in [0.15, 0.2) is 42.5 Å². The molecule has 2 rings (SSSR count). The number of anilines is 1. The standard InChI is InChI=1S/C17H18FNO2/c1-17(2,3)11-4-6-12(7-5-11)19-16(21)14-9-8-13(20)10-15(14)18/h4-10,20H,1-3H3,(H,19,21). The summed E-state index contributed by atoms with van der Waals surface area (Å²) in [6.07, 6.45) is 0. The number of aromatic hydroxyl groups is 1. The van der Waals surface area contributed by atoms with E-state index in [1.54, 1.807) is 12.1 Å². The number of amides is 1. The Morgan fingerprint density at radius 2 is 1.71 bits per heavy atom. The molecule has 0 spiro atoms. The number of carbonyl (C=O) groups is 1. The lowest BCUT2D eigenvalue weighted by molar-refractivity contribution is 0.102. The van der Waals surface area contributed by atoms with Crippen molar-refractivity contribution in [2.24, 2.45) is 0 Å². The minimum atomic E-state index is -0.751. The Kier molecular flexibility index (Phi) is 3.98. The van der Waals surface area contributed by atoms with E-state index < -0.39 is 11.7 Å². The molecule has 0 aliphatic heterocycles. The molecule has 0 unspecified atom stereocenters. The number of hydrogen-bond donors (Lipinski definition) is 2. The molecule has 0 aliphatic rings. The molecule has 21 heavy (non-hydrogen) atoms. The van der Waals surface area contributed by atoms with Gasteiger partial charge >= 0.3 is 0 Å². The van der Waals surface area contributed by atoms with Crippen molar-refractivity contribution in [3.63, 3.8) is 0 Å². The van der Waals surface area contributed by atoms with Crippen LogP contribution in [-0.2, 0) is 5.41 Å². The van der Waals surface area contributed by atoms with Crippen molar-refractivity contribution in [1.82, 2.24) is 0 Å². The average molecular weight is 287 g/mol. The molecular formula is C17H18FNO2. The summed E-state index contributed by atoms with van der Waals surface area (Å²) >= 11 is 0. The molecule has 0 atom stereocenters. The number of carbonyl (C=O) groups excluding carboxylic acids is 1. The molecule has 110 valence electrons. The molecule has 0 aliphatic carbocycles. The summed E-state index contributed by atoms with van der Waals surface area (Å²) in [7, 11) is 0. The van der Waals surface area contributed by atoms with Gasteiger partial charge in [0.2, 0.25) is 0 Å². The van der Waals surface area contributed by atoms with E-state index in [9.17, 15) is 9.18 Å². The number of rotatable bonds is 2. The second-order valence-corrected chi connectivity index (χ2v) is 5.95. The van der Waals surface area contributed by atoms with Crippen molar-refractivity contribution >= 4 is 11.6 Å². The number of phenolic OH excluding ortho intramolecular Hbond substituents is 1. The van der Waals surface area contributed by atoms with Crippen molar-refractivity contribution in [2.45, 2.75) is 26.2 Å². The quantitative estimate of drug-likeness (QED) is 0.874. The fourth-order valence-corrected chi connectivity index (χ4v) is 1.94. The van der Waals surface area contributed by atoms with E-state index in [0.29, 0.717) is 5.69 Å². The van der Waals surface area contributed by atoms with E-state index >= 15 is 0 Å². The first-order valence-corrected chi connectivity index (χ1v) is 6.68. The second-order valence-electron chi connectivity index (χ2n) is 5.95. The van der Waals surface area contributed by atoms with Crippen LogP contribution in [0, 0.1) is 5.82 Å². The SMILES string of the molecule is CC(C)(C)c1ccc(NC(=O)c2ccc(O)cc2F)cc1. The third-order valence-corrected chi connectivity index (χ3v) is 3.21. The van der Waals surface area contributed by atoms with Gasteiger partial charge in [-0.15, -0.1) is 0 Å². The van der Waals surface area contributed by atoms with Crippen LogP contribution in [0.25, 0.3) is 0 Å². The Morgan fingerprint density at radius 1 is 1.10 bits per heavy atom. The molecule has 2 aromatic carbocycles. The van der Waals surface area contributed by atoms with E-state index in [2.05, 4.69) is 26.1 Å². The number of hydrogen-bond acceptors (Lipinski definition) is 2. The molecule has 0 saturated heterocycles. The van der Waals surface area contributed by atoms with Crippen LogP contribution in [0.2, 0.25) is 0 Å². The predicted octanol–water partition coefficient (Wildman–Crippen LogP) is 4.08. The monoisotopic (exact) mass is 287 g/mol. The molecule has 1 amide bonds. The highest BCUT2D eigenvalue weighted by atomic mass is 19.1. The smallest absolute Gasteiger partial charge is 0.258 e. The molecule has 0 heterocycles. The molecule has 0 radical (unpaired) electrons. The Labute approximate surface area is 123 Å². The Hall–Kier alpha value is -2.36. The molecule has 0 saturated carbocycles. The van der Waals surface area contributed by atoms with Crippen molar-refractivity contribution in [3.05, 3.63) is 59.4 Å². The van der Waals surface area contributed by atoms with Gasteiger partial charge in [0.25, 0.3) is 5.91 Å². The largest absolute Gasteiger partial charge is 0.508 e. The maximum Gasteiger partial charge on any atom is 0.258 e. The first-order chi connectivity index (χ1) is 9.77. The van der Waals surface area contributed by atoms with Gasteiger partial charge in [-0.25, -0.2) is 4.39 Å². The van der Waals surface area contributed by atoms with Gasteiger partial charge in [0, 0.05) is 11.8 Å². The van der Waals surface area contributed by atoms with Gasteiger partial charge in [0.1, 0.15) is 11.6 Å². The third kappa shape index (κ3) is 3.60. The topological polar surface area (TPSA) is 49.3 Å². The summed E-state index contributed by atoms with van der Waals surface area (Å²) in [5.41, 5.74) is 1.68. The molecule has 0 bridgehead atoms. The number of nitrogens with one attached hydrogen (secondary N) is 1. The predicted molar refractivity (Wildman–Crippen MR) is 81.2 cm³/mol. The van der Waals surface area contributed by atoms with Crippen LogP contribution >= 0.6 is 0 Å². The highest BCUT2D eigenvalue weighted by Gasteiger charge is 2.15. The van der Waals surface area contributed by atoms with Crippen LogP contribution < -0.4 is 5.32 Å². The van der Waals surface area contributed by atoms with Crippen molar-refractivity contribution < 1.29 is 14.3 Å². The molecule has 2 aromatic rings. The second kappa shape index (κ2) is 5.56. The maximum absolute atomic E-state index is 13.6.